The number of sulfonamides is 2. The van der Waals surface area contributed by atoms with Crippen LogP contribution in [0.4, 0.5) is 11.4 Å². The number of rotatable bonds is 5. The highest BCUT2D eigenvalue weighted by Crippen LogP contribution is 2.28. The van der Waals surface area contributed by atoms with Crippen LogP contribution in [0.25, 0.3) is 0 Å². The van der Waals surface area contributed by atoms with Crippen LogP contribution < -0.4 is 9.62 Å². The van der Waals surface area contributed by atoms with Crippen molar-refractivity contribution in [1.82, 2.24) is 4.31 Å². The van der Waals surface area contributed by atoms with Gasteiger partial charge in [0.05, 0.1) is 16.3 Å². The molecule has 2 heterocycles. The molecule has 1 N–H and O–H groups in total. The van der Waals surface area contributed by atoms with Crippen LogP contribution in [0.3, 0.4) is 0 Å². The van der Waals surface area contributed by atoms with Crippen molar-refractivity contribution >= 4 is 37.3 Å². The SMILES string of the molecule is O=C(Nc1ccc(N2CCCS2(=O)=O)cc1)C1CCCN1S(=O)(=O)c1ccccc1. The van der Waals surface area contributed by atoms with Gasteiger partial charge in [-0.2, -0.15) is 4.31 Å². The van der Waals surface area contributed by atoms with Gasteiger partial charge in [-0.1, -0.05) is 18.2 Å². The second-order valence-corrected chi connectivity index (χ2v) is 11.3. The van der Waals surface area contributed by atoms with Crippen LogP contribution in [0.5, 0.6) is 0 Å². The first-order valence-electron chi connectivity index (χ1n) is 9.77. The van der Waals surface area contributed by atoms with E-state index < -0.39 is 32.0 Å². The van der Waals surface area contributed by atoms with E-state index in [1.165, 1.54) is 20.7 Å². The molecular weight excluding hydrogens is 426 g/mol. The fourth-order valence-corrected chi connectivity index (χ4v) is 7.13. The summed E-state index contributed by atoms with van der Waals surface area (Å²) in [5.41, 5.74) is 1.05. The third kappa shape index (κ3) is 3.94. The van der Waals surface area contributed by atoms with Crippen LogP contribution in [-0.4, -0.2) is 51.9 Å². The molecule has 2 saturated heterocycles. The maximum absolute atomic E-state index is 12.9. The monoisotopic (exact) mass is 449 g/mol. The Morgan fingerprint density at radius 1 is 0.967 bits per heavy atom. The maximum atomic E-state index is 12.9. The normalized spacial score (nSPS) is 21.6. The molecule has 1 unspecified atom stereocenters. The van der Waals surface area contributed by atoms with Crippen LogP contribution in [0.1, 0.15) is 19.3 Å². The van der Waals surface area contributed by atoms with Crippen molar-refractivity contribution in [2.24, 2.45) is 0 Å². The van der Waals surface area contributed by atoms with Gasteiger partial charge in [0.2, 0.25) is 26.0 Å². The summed E-state index contributed by atoms with van der Waals surface area (Å²) in [4.78, 5) is 13.0. The van der Waals surface area contributed by atoms with Gasteiger partial charge < -0.3 is 5.32 Å². The van der Waals surface area contributed by atoms with E-state index in [4.69, 9.17) is 0 Å². The number of nitrogens with zero attached hydrogens (tertiary/aromatic N) is 2. The van der Waals surface area contributed by atoms with E-state index in [1.807, 2.05) is 0 Å². The molecule has 0 saturated carbocycles. The van der Waals surface area contributed by atoms with Gasteiger partial charge in [0.1, 0.15) is 6.04 Å². The number of carbonyl (C=O) groups excluding carboxylic acids is 1. The van der Waals surface area contributed by atoms with Crippen molar-refractivity contribution in [3.05, 3.63) is 54.6 Å². The predicted molar refractivity (Wildman–Crippen MR) is 114 cm³/mol. The standard InChI is InChI=1S/C20H23N3O5S2/c24-20(19-8-4-13-23(19)30(27,28)18-6-2-1-3-7-18)21-16-9-11-17(12-10-16)22-14-5-15-29(22,25)26/h1-3,6-7,9-12,19H,4-5,8,13-15H2,(H,21,24). The van der Waals surface area contributed by atoms with Crippen molar-refractivity contribution in [3.8, 4) is 0 Å². The van der Waals surface area contributed by atoms with Gasteiger partial charge in [0.25, 0.3) is 0 Å². The molecule has 2 aliphatic heterocycles. The van der Waals surface area contributed by atoms with Crippen molar-refractivity contribution in [1.29, 1.82) is 0 Å². The molecule has 2 aromatic rings. The number of carbonyl (C=O) groups is 1. The van der Waals surface area contributed by atoms with E-state index in [9.17, 15) is 21.6 Å². The lowest BCUT2D eigenvalue weighted by Gasteiger charge is -2.23. The van der Waals surface area contributed by atoms with Crippen LogP contribution in [0.2, 0.25) is 0 Å². The van der Waals surface area contributed by atoms with Crippen molar-refractivity contribution in [2.45, 2.75) is 30.2 Å². The number of benzene rings is 2. The second-order valence-electron chi connectivity index (χ2n) is 7.36. The number of hydrogen-bond donors (Lipinski definition) is 1. The third-order valence-corrected chi connectivity index (χ3v) is 9.17. The van der Waals surface area contributed by atoms with Crippen molar-refractivity contribution < 1.29 is 21.6 Å². The lowest BCUT2D eigenvalue weighted by atomic mass is 10.2. The first kappa shape index (κ1) is 20.8. The molecular formula is C20H23N3O5S2. The van der Waals surface area contributed by atoms with Gasteiger partial charge in [-0.25, -0.2) is 16.8 Å². The van der Waals surface area contributed by atoms with Crippen LogP contribution in [0.15, 0.2) is 59.5 Å². The van der Waals surface area contributed by atoms with Crippen LogP contribution >= 0.6 is 0 Å². The van der Waals surface area contributed by atoms with Gasteiger partial charge in [0.15, 0.2) is 0 Å². The average molecular weight is 450 g/mol. The second kappa shape index (κ2) is 8.01. The highest BCUT2D eigenvalue weighted by Gasteiger charge is 2.39. The Hall–Kier alpha value is -2.43. The molecule has 4 rings (SSSR count). The van der Waals surface area contributed by atoms with Gasteiger partial charge in [0, 0.05) is 18.8 Å². The quantitative estimate of drug-likeness (QED) is 0.752. The molecule has 2 aromatic carbocycles. The molecule has 0 aliphatic carbocycles. The summed E-state index contributed by atoms with van der Waals surface area (Å²) in [6.07, 6.45) is 1.64. The minimum atomic E-state index is -3.76. The molecule has 1 amide bonds. The van der Waals surface area contributed by atoms with Gasteiger partial charge >= 0.3 is 0 Å². The summed E-state index contributed by atoms with van der Waals surface area (Å²) in [5.74, 6) is -0.257. The van der Waals surface area contributed by atoms with E-state index in [-0.39, 0.29) is 10.6 Å². The average Bonchev–Trinajstić information content (AvgIpc) is 3.36. The molecule has 2 aliphatic rings. The number of nitrogens with one attached hydrogen (secondary N) is 1. The Morgan fingerprint density at radius 2 is 1.67 bits per heavy atom. The van der Waals surface area contributed by atoms with Crippen molar-refractivity contribution in [3.63, 3.8) is 0 Å². The Bertz CT molecular complexity index is 1130. The Labute approximate surface area is 176 Å². The molecule has 0 spiro atoms. The Balaban J connectivity index is 1.48. The molecule has 0 bridgehead atoms. The predicted octanol–water partition coefficient (Wildman–Crippen LogP) is 2.02. The van der Waals surface area contributed by atoms with Gasteiger partial charge in [-0.15, -0.1) is 0 Å². The van der Waals surface area contributed by atoms with Crippen molar-refractivity contribution in [2.75, 3.05) is 28.5 Å². The zero-order valence-electron chi connectivity index (χ0n) is 16.3. The largest absolute Gasteiger partial charge is 0.325 e. The number of anilines is 2. The number of amides is 1. The summed E-state index contributed by atoms with van der Waals surface area (Å²) in [7, 11) is -7.02. The smallest absolute Gasteiger partial charge is 0.243 e. The molecule has 1 atom stereocenters. The first-order valence-corrected chi connectivity index (χ1v) is 12.8. The maximum Gasteiger partial charge on any atom is 0.243 e. The molecule has 2 fully saturated rings. The fraction of sp³-hybridized carbons (Fsp3) is 0.350. The molecule has 10 heteroatoms. The molecule has 30 heavy (non-hydrogen) atoms. The minimum absolute atomic E-state index is 0.138. The van der Waals surface area contributed by atoms with E-state index in [0.717, 1.165) is 0 Å². The van der Waals surface area contributed by atoms with Crippen LogP contribution in [-0.2, 0) is 24.8 Å². The summed E-state index contributed by atoms with van der Waals surface area (Å²) >= 11 is 0. The lowest BCUT2D eigenvalue weighted by molar-refractivity contribution is -0.119. The highest BCUT2D eigenvalue weighted by molar-refractivity contribution is 7.93. The number of hydrogen-bond acceptors (Lipinski definition) is 5. The van der Waals surface area contributed by atoms with Gasteiger partial charge in [-0.3, -0.25) is 9.10 Å². The summed E-state index contributed by atoms with van der Waals surface area (Å²) in [6.45, 7) is 0.740. The highest BCUT2D eigenvalue weighted by atomic mass is 32.2. The zero-order valence-corrected chi connectivity index (χ0v) is 17.9. The summed E-state index contributed by atoms with van der Waals surface area (Å²) < 4.78 is 52.6. The summed E-state index contributed by atoms with van der Waals surface area (Å²) in [6, 6.07) is 13.9. The van der Waals surface area contributed by atoms with E-state index in [0.29, 0.717) is 43.7 Å². The third-order valence-electron chi connectivity index (χ3n) is 5.38. The molecule has 160 valence electrons. The summed E-state index contributed by atoms with van der Waals surface area (Å²) in [5, 5.41) is 2.76. The Morgan fingerprint density at radius 3 is 2.30 bits per heavy atom. The molecule has 0 aromatic heterocycles. The topological polar surface area (TPSA) is 104 Å². The zero-order chi connectivity index (χ0) is 21.4. The molecule has 8 nitrogen and oxygen atoms in total. The fourth-order valence-electron chi connectivity index (χ4n) is 3.88. The van der Waals surface area contributed by atoms with E-state index in [2.05, 4.69) is 5.32 Å². The first-order chi connectivity index (χ1) is 14.3. The minimum Gasteiger partial charge on any atom is -0.325 e. The Kier molecular flexibility index (Phi) is 5.56. The van der Waals surface area contributed by atoms with Crippen LogP contribution in [0, 0.1) is 0 Å². The van der Waals surface area contributed by atoms with E-state index in [1.54, 1.807) is 42.5 Å². The van der Waals surface area contributed by atoms with E-state index >= 15 is 0 Å². The molecule has 0 radical (unpaired) electrons. The lowest BCUT2D eigenvalue weighted by Crippen LogP contribution is -2.43. The van der Waals surface area contributed by atoms with Gasteiger partial charge in [-0.05, 0) is 55.7 Å².